The third-order valence-corrected chi connectivity index (χ3v) is 5.30. The second kappa shape index (κ2) is 7.41. The molecule has 0 aromatic heterocycles. The lowest BCUT2D eigenvalue weighted by Crippen LogP contribution is -2.28. The minimum atomic E-state index is -1.14. The largest absolute Gasteiger partial charge is 0.507 e. The number of aryl methyl sites for hydroxylation is 1. The van der Waals surface area contributed by atoms with Crippen molar-refractivity contribution in [3.63, 3.8) is 0 Å². The number of hydrogen-bond donors (Lipinski definition) is 2. The minimum Gasteiger partial charge on any atom is -0.507 e. The van der Waals surface area contributed by atoms with Gasteiger partial charge in [0.2, 0.25) is 0 Å². The maximum Gasteiger partial charge on any atom is 0.335 e. The van der Waals surface area contributed by atoms with Crippen LogP contribution in [0.2, 0.25) is 0 Å². The number of carbonyl (C=O) groups is 2. The Morgan fingerprint density at radius 2 is 2.00 bits per heavy atom. The first-order chi connectivity index (χ1) is 13.2. The van der Waals surface area contributed by atoms with Gasteiger partial charge in [-0.15, -0.1) is 0 Å². The molecule has 1 aliphatic heterocycles. The number of nitro groups is 1. The van der Waals surface area contributed by atoms with Crippen LogP contribution in [0.5, 0.6) is 5.75 Å². The number of phenolic OH excluding ortho intramolecular Hbond substituents is 1. The molecule has 1 saturated heterocycles. The Bertz CT molecular complexity index is 1080. The number of nitro benzene ring substituents is 1. The van der Waals surface area contributed by atoms with Gasteiger partial charge in [0, 0.05) is 17.7 Å². The number of nitrogens with zero attached hydrogens (tertiary/aromatic N) is 2. The maximum atomic E-state index is 12.9. The normalized spacial score (nSPS) is 15.3. The zero-order valence-electron chi connectivity index (χ0n) is 14.3. The first kappa shape index (κ1) is 19.5. The van der Waals surface area contributed by atoms with Crippen LogP contribution in [-0.2, 0) is 4.79 Å². The van der Waals surface area contributed by atoms with E-state index in [0.717, 1.165) is 23.9 Å². The number of aromatic hydroxyl groups is 1. The van der Waals surface area contributed by atoms with Gasteiger partial charge in [-0.25, -0.2) is 4.79 Å². The molecule has 142 valence electrons. The molecule has 1 fully saturated rings. The van der Waals surface area contributed by atoms with Crippen molar-refractivity contribution < 1.29 is 24.7 Å². The summed E-state index contributed by atoms with van der Waals surface area (Å²) < 4.78 is 0.187. The molecule has 2 aromatic rings. The summed E-state index contributed by atoms with van der Waals surface area (Å²) >= 11 is 6.23. The standard InChI is InChI=1S/C18H12N2O6S2/c1-9-2-3-10(17(23)24)7-13(9)19-16(22)15(28-18(19)27)8-11-6-12(20(25)26)4-5-14(11)21/h2-8,21H,1H3,(H,23,24)/b15-8-. The van der Waals surface area contributed by atoms with Gasteiger partial charge in [0.1, 0.15) is 5.75 Å². The smallest absolute Gasteiger partial charge is 0.335 e. The van der Waals surface area contributed by atoms with Gasteiger partial charge in [-0.3, -0.25) is 19.8 Å². The predicted octanol–water partition coefficient (Wildman–Crippen LogP) is 3.71. The zero-order chi connectivity index (χ0) is 20.6. The SMILES string of the molecule is Cc1ccc(C(=O)O)cc1N1C(=O)/C(=C/c2cc([N+](=O)[O-])ccc2O)SC1=S. The van der Waals surface area contributed by atoms with Crippen LogP contribution in [0.25, 0.3) is 6.08 Å². The van der Waals surface area contributed by atoms with Crippen LogP contribution in [0.3, 0.4) is 0 Å². The fourth-order valence-electron chi connectivity index (χ4n) is 2.57. The van der Waals surface area contributed by atoms with Crippen molar-refractivity contribution in [2.75, 3.05) is 4.90 Å². The average molecular weight is 416 g/mol. The first-order valence-corrected chi connectivity index (χ1v) is 9.01. The fraction of sp³-hybridized carbons (Fsp3) is 0.0556. The number of carboxylic acids is 1. The van der Waals surface area contributed by atoms with Gasteiger partial charge in [0.15, 0.2) is 4.32 Å². The number of aromatic carboxylic acids is 1. The Kier molecular flexibility index (Phi) is 5.16. The summed E-state index contributed by atoms with van der Waals surface area (Å²) in [6.45, 7) is 1.72. The predicted molar refractivity (Wildman–Crippen MR) is 109 cm³/mol. The molecule has 0 atom stereocenters. The number of carboxylic acid groups (broad SMARTS) is 1. The topological polar surface area (TPSA) is 121 Å². The molecule has 0 radical (unpaired) electrons. The lowest BCUT2D eigenvalue weighted by Gasteiger charge is -2.17. The van der Waals surface area contributed by atoms with E-state index in [1.165, 1.54) is 29.2 Å². The van der Waals surface area contributed by atoms with Crippen LogP contribution in [0.15, 0.2) is 41.3 Å². The van der Waals surface area contributed by atoms with Crippen LogP contribution in [-0.4, -0.2) is 31.3 Å². The van der Waals surface area contributed by atoms with Crippen molar-refractivity contribution in [2.24, 2.45) is 0 Å². The minimum absolute atomic E-state index is 0.00922. The van der Waals surface area contributed by atoms with E-state index in [1.807, 2.05) is 0 Å². The molecule has 28 heavy (non-hydrogen) atoms. The summed E-state index contributed by atoms with van der Waals surface area (Å²) in [7, 11) is 0. The highest BCUT2D eigenvalue weighted by molar-refractivity contribution is 8.27. The highest BCUT2D eigenvalue weighted by Crippen LogP contribution is 2.39. The van der Waals surface area contributed by atoms with Crippen LogP contribution < -0.4 is 4.90 Å². The van der Waals surface area contributed by atoms with Crippen molar-refractivity contribution in [3.8, 4) is 5.75 Å². The molecule has 0 saturated carbocycles. The number of rotatable bonds is 4. The summed E-state index contributed by atoms with van der Waals surface area (Å²) in [6.07, 6.45) is 1.32. The van der Waals surface area contributed by atoms with Gasteiger partial charge in [0.25, 0.3) is 11.6 Å². The molecular weight excluding hydrogens is 404 g/mol. The Hall–Kier alpha value is -3.24. The molecule has 2 aromatic carbocycles. The second-order valence-corrected chi connectivity index (χ2v) is 7.50. The van der Waals surface area contributed by atoms with Crippen molar-refractivity contribution in [3.05, 3.63) is 68.1 Å². The van der Waals surface area contributed by atoms with E-state index >= 15 is 0 Å². The van der Waals surface area contributed by atoms with E-state index in [1.54, 1.807) is 13.0 Å². The third-order valence-electron chi connectivity index (χ3n) is 4.00. The third kappa shape index (κ3) is 3.59. The molecule has 0 spiro atoms. The van der Waals surface area contributed by atoms with Crippen molar-refractivity contribution in [1.82, 2.24) is 0 Å². The summed E-state index contributed by atoms with van der Waals surface area (Å²) in [4.78, 5) is 35.8. The summed E-state index contributed by atoms with van der Waals surface area (Å²) in [5.74, 6) is -1.87. The molecule has 1 aliphatic rings. The number of amides is 1. The number of anilines is 1. The number of non-ortho nitro benzene ring substituents is 1. The first-order valence-electron chi connectivity index (χ1n) is 7.78. The Morgan fingerprint density at radius 1 is 1.29 bits per heavy atom. The molecule has 2 N–H and O–H groups in total. The van der Waals surface area contributed by atoms with Gasteiger partial charge >= 0.3 is 5.97 Å². The van der Waals surface area contributed by atoms with Crippen LogP contribution >= 0.6 is 24.0 Å². The Morgan fingerprint density at radius 3 is 2.64 bits per heavy atom. The monoisotopic (exact) mass is 416 g/mol. The average Bonchev–Trinajstić information content (AvgIpc) is 2.90. The van der Waals surface area contributed by atoms with E-state index in [0.29, 0.717) is 11.3 Å². The van der Waals surface area contributed by atoms with Gasteiger partial charge in [-0.05, 0) is 36.8 Å². The van der Waals surface area contributed by atoms with E-state index in [9.17, 15) is 29.9 Å². The number of hydrogen-bond acceptors (Lipinski definition) is 7. The van der Waals surface area contributed by atoms with Crippen LogP contribution in [0.1, 0.15) is 21.5 Å². The molecule has 1 heterocycles. The molecule has 0 unspecified atom stereocenters. The van der Waals surface area contributed by atoms with Gasteiger partial charge < -0.3 is 10.2 Å². The molecule has 10 heteroatoms. The molecule has 1 amide bonds. The van der Waals surface area contributed by atoms with E-state index < -0.39 is 16.8 Å². The van der Waals surface area contributed by atoms with Crippen LogP contribution in [0.4, 0.5) is 11.4 Å². The van der Waals surface area contributed by atoms with E-state index in [4.69, 9.17) is 12.2 Å². The quantitative estimate of drug-likeness (QED) is 0.335. The van der Waals surface area contributed by atoms with Crippen LogP contribution in [0, 0.1) is 17.0 Å². The summed E-state index contributed by atoms with van der Waals surface area (Å²) in [5.41, 5.74) is 0.875. The number of phenols is 1. The highest BCUT2D eigenvalue weighted by Gasteiger charge is 2.34. The van der Waals surface area contributed by atoms with Crippen molar-refractivity contribution in [2.45, 2.75) is 6.92 Å². The summed E-state index contributed by atoms with van der Waals surface area (Å²) in [5, 5.41) is 30.1. The lowest BCUT2D eigenvalue weighted by atomic mass is 10.1. The molecule has 0 aliphatic carbocycles. The summed E-state index contributed by atoms with van der Waals surface area (Å²) in [6, 6.07) is 7.83. The van der Waals surface area contributed by atoms with Gasteiger partial charge in [-0.2, -0.15) is 0 Å². The van der Waals surface area contributed by atoms with Crippen molar-refractivity contribution in [1.29, 1.82) is 0 Å². The van der Waals surface area contributed by atoms with Gasteiger partial charge in [0.05, 0.1) is 21.1 Å². The lowest BCUT2D eigenvalue weighted by molar-refractivity contribution is -0.384. The van der Waals surface area contributed by atoms with Gasteiger partial charge in [-0.1, -0.05) is 30.0 Å². The molecular formula is C18H12N2O6S2. The number of thioether (sulfide) groups is 1. The maximum absolute atomic E-state index is 12.9. The van der Waals surface area contributed by atoms with E-state index in [-0.39, 0.29) is 31.8 Å². The fourth-order valence-corrected chi connectivity index (χ4v) is 3.85. The molecule has 0 bridgehead atoms. The van der Waals surface area contributed by atoms with E-state index in [2.05, 4.69) is 0 Å². The second-order valence-electron chi connectivity index (χ2n) is 5.82. The number of thiocarbonyl (C=S) groups is 1. The number of benzene rings is 2. The molecule has 8 nitrogen and oxygen atoms in total. The zero-order valence-corrected chi connectivity index (χ0v) is 15.9. The Labute approximate surface area is 168 Å². The van der Waals surface area contributed by atoms with Crippen molar-refractivity contribution >= 4 is 57.6 Å². The highest BCUT2D eigenvalue weighted by atomic mass is 32.2. The Balaban J connectivity index is 2.03. The molecule has 3 rings (SSSR count). The number of carbonyl (C=O) groups excluding carboxylic acids is 1.